The van der Waals surface area contributed by atoms with Crippen LogP contribution >= 0.6 is 0 Å². The van der Waals surface area contributed by atoms with Crippen LogP contribution in [-0.4, -0.2) is 12.6 Å². The van der Waals surface area contributed by atoms with Crippen molar-refractivity contribution in [2.24, 2.45) is 29.6 Å². The summed E-state index contributed by atoms with van der Waals surface area (Å²) in [6, 6.07) is 0.630. The lowest BCUT2D eigenvalue weighted by Gasteiger charge is -2.39. The normalized spacial score (nSPS) is 31.0. The van der Waals surface area contributed by atoms with E-state index in [1.54, 1.807) is 0 Å². The SMILES string of the molecule is CC(C)CC(C)C1CC(C)CCC1CNC(C)C. The molecule has 0 radical (unpaired) electrons. The first kappa shape index (κ1) is 16.0. The van der Waals surface area contributed by atoms with Gasteiger partial charge in [-0.25, -0.2) is 0 Å². The van der Waals surface area contributed by atoms with Gasteiger partial charge in [-0.15, -0.1) is 0 Å². The zero-order valence-corrected chi connectivity index (χ0v) is 13.5. The molecule has 1 saturated carbocycles. The van der Waals surface area contributed by atoms with E-state index in [4.69, 9.17) is 0 Å². The van der Waals surface area contributed by atoms with Crippen LogP contribution in [0.2, 0.25) is 0 Å². The number of hydrogen-bond acceptors (Lipinski definition) is 1. The van der Waals surface area contributed by atoms with Gasteiger partial charge in [-0.2, -0.15) is 0 Å². The van der Waals surface area contributed by atoms with Crippen LogP contribution in [0, 0.1) is 29.6 Å². The Morgan fingerprint density at radius 3 is 2.28 bits per heavy atom. The molecule has 0 bridgehead atoms. The Kier molecular flexibility index (Phi) is 6.70. The van der Waals surface area contributed by atoms with E-state index in [0.29, 0.717) is 6.04 Å². The van der Waals surface area contributed by atoms with Crippen LogP contribution in [-0.2, 0) is 0 Å². The highest BCUT2D eigenvalue weighted by Crippen LogP contribution is 2.39. The molecule has 1 rings (SSSR count). The van der Waals surface area contributed by atoms with Gasteiger partial charge in [0.1, 0.15) is 0 Å². The van der Waals surface area contributed by atoms with Crippen molar-refractivity contribution in [1.82, 2.24) is 5.32 Å². The van der Waals surface area contributed by atoms with Crippen LogP contribution < -0.4 is 5.32 Å². The molecule has 1 N–H and O–H groups in total. The summed E-state index contributed by atoms with van der Waals surface area (Å²) in [6.45, 7) is 15.4. The minimum Gasteiger partial charge on any atom is -0.314 e. The lowest BCUT2D eigenvalue weighted by atomic mass is 9.68. The molecule has 0 aromatic rings. The van der Waals surface area contributed by atoms with Gasteiger partial charge in [-0.1, -0.05) is 48.0 Å². The summed E-state index contributed by atoms with van der Waals surface area (Å²) < 4.78 is 0. The maximum atomic E-state index is 3.67. The zero-order chi connectivity index (χ0) is 13.7. The Bertz CT molecular complexity index is 222. The quantitative estimate of drug-likeness (QED) is 0.722. The molecule has 0 saturated heterocycles. The lowest BCUT2D eigenvalue weighted by Crippen LogP contribution is -2.38. The summed E-state index contributed by atoms with van der Waals surface area (Å²) in [5, 5.41) is 3.67. The molecule has 4 unspecified atom stereocenters. The predicted molar refractivity (Wildman–Crippen MR) is 81.8 cm³/mol. The topological polar surface area (TPSA) is 12.0 Å². The molecular formula is C17H35N. The fraction of sp³-hybridized carbons (Fsp3) is 1.00. The average molecular weight is 253 g/mol. The first-order valence-electron chi connectivity index (χ1n) is 8.13. The van der Waals surface area contributed by atoms with E-state index >= 15 is 0 Å². The molecule has 0 spiro atoms. The van der Waals surface area contributed by atoms with E-state index < -0.39 is 0 Å². The second-order valence-electron chi connectivity index (χ2n) is 7.51. The van der Waals surface area contributed by atoms with Gasteiger partial charge in [0.25, 0.3) is 0 Å². The Hall–Kier alpha value is -0.0400. The smallest absolute Gasteiger partial charge is 0.00104 e. The second-order valence-corrected chi connectivity index (χ2v) is 7.51. The van der Waals surface area contributed by atoms with Crippen LogP contribution in [0.4, 0.5) is 0 Å². The van der Waals surface area contributed by atoms with Gasteiger partial charge in [-0.3, -0.25) is 0 Å². The molecular weight excluding hydrogens is 218 g/mol. The largest absolute Gasteiger partial charge is 0.314 e. The van der Waals surface area contributed by atoms with Gasteiger partial charge in [0, 0.05) is 6.04 Å². The Labute approximate surface area is 115 Å². The summed E-state index contributed by atoms with van der Waals surface area (Å²) in [5.41, 5.74) is 0. The van der Waals surface area contributed by atoms with Crippen molar-refractivity contribution in [1.29, 1.82) is 0 Å². The van der Waals surface area contributed by atoms with E-state index in [0.717, 1.165) is 29.6 Å². The fourth-order valence-corrected chi connectivity index (χ4v) is 3.74. The van der Waals surface area contributed by atoms with Gasteiger partial charge in [0.15, 0.2) is 0 Å². The van der Waals surface area contributed by atoms with Crippen molar-refractivity contribution in [3.05, 3.63) is 0 Å². The minimum absolute atomic E-state index is 0.630. The summed E-state index contributed by atoms with van der Waals surface area (Å²) in [4.78, 5) is 0. The van der Waals surface area contributed by atoms with Crippen molar-refractivity contribution in [2.75, 3.05) is 6.54 Å². The Morgan fingerprint density at radius 2 is 1.72 bits per heavy atom. The maximum Gasteiger partial charge on any atom is 0.00104 e. The van der Waals surface area contributed by atoms with Gasteiger partial charge in [-0.05, 0) is 55.4 Å². The van der Waals surface area contributed by atoms with Crippen LogP contribution in [0.25, 0.3) is 0 Å². The van der Waals surface area contributed by atoms with E-state index in [1.807, 2.05) is 0 Å². The van der Waals surface area contributed by atoms with E-state index in [9.17, 15) is 0 Å². The van der Waals surface area contributed by atoms with E-state index in [1.165, 1.54) is 32.2 Å². The molecule has 108 valence electrons. The van der Waals surface area contributed by atoms with Crippen molar-refractivity contribution >= 4 is 0 Å². The highest BCUT2D eigenvalue weighted by Gasteiger charge is 2.32. The predicted octanol–water partition coefficient (Wildman–Crippen LogP) is 4.72. The molecule has 1 aliphatic carbocycles. The van der Waals surface area contributed by atoms with E-state index in [2.05, 4.69) is 46.9 Å². The first-order valence-corrected chi connectivity index (χ1v) is 8.13. The number of hydrogen-bond donors (Lipinski definition) is 1. The monoisotopic (exact) mass is 253 g/mol. The second kappa shape index (κ2) is 7.53. The van der Waals surface area contributed by atoms with Gasteiger partial charge in [0.2, 0.25) is 0 Å². The molecule has 0 amide bonds. The molecule has 0 aliphatic heterocycles. The van der Waals surface area contributed by atoms with Crippen molar-refractivity contribution < 1.29 is 0 Å². The summed E-state index contributed by atoms with van der Waals surface area (Å²) >= 11 is 0. The third kappa shape index (κ3) is 5.30. The van der Waals surface area contributed by atoms with Gasteiger partial charge < -0.3 is 5.32 Å². The fourth-order valence-electron chi connectivity index (χ4n) is 3.74. The lowest BCUT2D eigenvalue weighted by molar-refractivity contribution is 0.119. The first-order chi connectivity index (χ1) is 8.40. The average Bonchev–Trinajstić information content (AvgIpc) is 2.26. The Morgan fingerprint density at radius 1 is 1.06 bits per heavy atom. The van der Waals surface area contributed by atoms with Crippen LogP contribution in [0.5, 0.6) is 0 Å². The number of rotatable bonds is 6. The molecule has 4 atom stereocenters. The zero-order valence-electron chi connectivity index (χ0n) is 13.5. The molecule has 1 nitrogen and oxygen atoms in total. The standard InChI is InChI=1S/C17H35N/c1-12(2)9-15(6)17-10-14(5)7-8-16(17)11-18-13(3)4/h12-18H,7-11H2,1-6H3. The highest BCUT2D eigenvalue weighted by molar-refractivity contribution is 4.83. The molecule has 1 heteroatoms. The minimum atomic E-state index is 0.630. The third-order valence-electron chi connectivity index (χ3n) is 4.67. The van der Waals surface area contributed by atoms with Crippen LogP contribution in [0.15, 0.2) is 0 Å². The molecule has 18 heavy (non-hydrogen) atoms. The van der Waals surface area contributed by atoms with Crippen LogP contribution in [0.1, 0.15) is 67.2 Å². The molecule has 0 heterocycles. The highest BCUT2D eigenvalue weighted by atomic mass is 14.9. The summed E-state index contributed by atoms with van der Waals surface area (Å²) in [6.07, 6.45) is 5.73. The third-order valence-corrected chi connectivity index (χ3v) is 4.67. The van der Waals surface area contributed by atoms with Crippen molar-refractivity contribution in [3.8, 4) is 0 Å². The van der Waals surface area contributed by atoms with Crippen molar-refractivity contribution in [3.63, 3.8) is 0 Å². The van der Waals surface area contributed by atoms with E-state index in [-0.39, 0.29) is 0 Å². The summed E-state index contributed by atoms with van der Waals surface area (Å²) in [7, 11) is 0. The van der Waals surface area contributed by atoms with Crippen molar-refractivity contribution in [2.45, 2.75) is 73.3 Å². The van der Waals surface area contributed by atoms with Gasteiger partial charge in [0.05, 0.1) is 0 Å². The molecule has 1 aliphatic rings. The molecule has 0 aromatic heterocycles. The van der Waals surface area contributed by atoms with Crippen LogP contribution in [0.3, 0.4) is 0 Å². The number of nitrogens with one attached hydrogen (secondary N) is 1. The summed E-state index contributed by atoms with van der Waals surface area (Å²) in [5.74, 6) is 4.54. The maximum absolute atomic E-state index is 3.67. The molecule has 1 fully saturated rings. The van der Waals surface area contributed by atoms with Gasteiger partial charge >= 0.3 is 0 Å². The Balaban J connectivity index is 2.55. The molecule has 0 aromatic carbocycles.